The first-order valence-electron chi connectivity index (χ1n) is 12.2. The molecule has 2 N–H and O–H groups in total. The van der Waals surface area contributed by atoms with Gasteiger partial charge in [0.25, 0.3) is 0 Å². The maximum Gasteiger partial charge on any atom is 0.303 e. The summed E-state index contributed by atoms with van der Waals surface area (Å²) < 4.78 is 5.86. The predicted molar refractivity (Wildman–Crippen MR) is 126 cm³/mol. The summed E-state index contributed by atoms with van der Waals surface area (Å²) in [6.07, 6.45) is 7.41. The van der Waals surface area contributed by atoms with Gasteiger partial charge in [-0.3, -0.25) is 14.4 Å². The lowest BCUT2D eigenvalue weighted by Crippen LogP contribution is -2.56. The van der Waals surface area contributed by atoms with Gasteiger partial charge in [-0.1, -0.05) is 24.6 Å². The summed E-state index contributed by atoms with van der Waals surface area (Å²) in [6, 6.07) is 7.94. The van der Waals surface area contributed by atoms with Gasteiger partial charge in [-0.25, -0.2) is 0 Å². The molecule has 5 rings (SSSR count). The Kier molecular flexibility index (Phi) is 5.15. The number of carbonyl (C=O) groups is 3. The minimum atomic E-state index is -1.02. The number of benzene rings is 1. The maximum atomic E-state index is 12.9. The van der Waals surface area contributed by atoms with Crippen molar-refractivity contribution in [1.29, 1.82) is 0 Å². The fourth-order valence-corrected chi connectivity index (χ4v) is 7.71. The van der Waals surface area contributed by atoms with Gasteiger partial charge in [-0.2, -0.15) is 0 Å². The lowest BCUT2D eigenvalue weighted by atomic mass is 9.53. The second kappa shape index (κ2) is 7.68. The largest absolute Gasteiger partial charge is 0.451 e. The fraction of sp³-hybridized carbons (Fsp3) is 0.536. The average Bonchev–Trinajstić information content (AvgIpc) is 3.06. The first kappa shape index (κ1) is 22.1. The Hall–Kier alpha value is -2.69. The van der Waals surface area contributed by atoms with Crippen molar-refractivity contribution in [3.8, 4) is 0 Å². The number of Topliss-reactive ketones (excluding diaryl/α,β-unsaturated/α-hetero) is 1. The molecule has 2 saturated carbocycles. The van der Waals surface area contributed by atoms with E-state index >= 15 is 0 Å². The number of ketones is 2. The first-order valence-corrected chi connectivity index (χ1v) is 12.2. The quantitative estimate of drug-likeness (QED) is 0.517. The predicted octanol–water partition coefficient (Wildman–Crippen LogP) is 5.06. The highest BCUT2D eigenvalue weighted by Gasteiger charge is 2.65. The van der Waals surface area contributed by atoms with Crippen molar-refractivity contribution < 1.29 is 19.1 Å². The molecule has 1 aromatic carbocycles. The SMILES string of the molecule is CC(=O)O[C@]1(C(C)=O)CC[C@H]2[C@@H]3CCC4=CC(=O)C[C@@H](c5ccc(N)cc5)C4=C3CC[C@@]21C. The molecule has 0 amide bonds. The van der Waals surface area contributed by atoms with Gasteiger partial charge in [-0.05, 0) is 92.2 Å². The second-order valence-electron chi connectivity index (χ2n) is 10.7. The molecule has 0 heterocycles. The highest BCUT2D eigenvalue weighted by atomic mass is 16.6. The van der Waals surface area contributed by atoms with Crippen LogP contribution in [-0.4, -0.2) is 23.1 Å². The lowest BCUT2D eigenvalue weighted by molar-refractivity contribution is -0.181. The minimum Gasteiger partial charge on any atom is -0.451 e. The van der Waals surface area contributed by atoms with E-state index in [1.807, 2.05) is 18.2 Å². The van der Waals surface area contributed by atoms with Crippen molar-refractivity contribution in [3.63, 3.8) is 0 Å². The van der Waals surface area contributed by atoms with Gasteiger partial charge in [0.05, 0.1) is 0 Å². The van der Waals surface area contributed by atoms with E-state index in [1.165, 1.54) is 23.6 Å². The second-order valence-corrected chi connectivity index (χ2v) is 10.7. The third-order valence-corrected chi connectivity index (χ3v) is 9.13. The molecule has 5 atom stereocenters. The molecule has 0 aliphatic heterocycles. The van der Waals surface area contributed by atoms with E-state index in [9.17, 15) is 14.4 Å². The number of esters is 1. The lowest BCUT2D eigenvalue weighted by Gasteiger charge is -2.52. The van der Waals surface area contributed by atoms with E-state index in [2.05, 4.69) is 19.1 Å². The van der Waals surface area contributed by atoms with E-state index in [1.54, 1.807) is 6.92 Å². The van der Waals surface area contributed by atoms with Gasteiger partial charge >= 0.3 is 5.97 Å². The Balaban J connectivity index is 1.59. The Morgan fingerprint density at radius 1 is 1.06 bits per heavy atom. The molecule has 4 aliphatic carbocycles. The summed E-state index contributed by atoms with van der Waals surface area (Å²) in [4.78, 5) is 37.5. The van der Waals surface area contributed by atoms with Crippen molar-refractivity contribution in [2.45, 2.75) is 77.2 Å². The van der Waals surface area contributed by atoms with E-state index in [0.29, 0.717) is 24.7 Å². The molecule has 0 spiro atoms. The normalized spacial score (nSPS) is 35.3. The Bertz CT molecular complexity index is 1100. The molecule has 4 aliphatic rings. The zero-order chi connectivity index (χ0) is 23.5. The summed E-state index contributed by atoms with van der Waals surface area (Å²) in [5.74, 6) is 0.507. The van der Waals surface area contributed by atoms with Crippen LogP contribution in [0.4, 0.5) is 5.69 Å². The van der Waals surface area contributed by atoms with Crippen LogP contribution in [-0.2, 0) is 19.1 Å². The van der Waals surface area contributed by atoms with Crippen LogP contribution in [0.3, 0.4) is 0 Å². The molecule has 1 aromatic rings. The van der Waals surface area contributed by atoms with Crippen LogP contribution in [0.5, 0.6) is 0 Å². The van der Waals surface area contributed by atoms with Crippen LogP contribution in [0.2, 0.25) is 0 Å². The number of fused-ring (bicyclic) bond motifs is 4. The number of carbonyl (C=O) groups excluding carboxylic acids is 3. The number of allylic oxidation sites excluding steroid dienone is 4. The number of nitrogen functional groups attached to an aromatic ring is 1. The molecule has 0 unspecified atom stereocenters. The van der Waals surface area contributed by atoms with E-state index < -0.39 is 5.60 Å². The molecule has 0 aromatic heterocycles. The third kappa shape index (κ3) is 3.23. The van der Waals surface area contributed by atoms with E-state index in [4.69, 9.17) is 10.5 Å². The van der Waals surface area contributed by atoms with Crippen LogP contribution in [0, 0.1) is 17.3 Å². The summed E-state index contributed by atoms with van der Waals surface area (Å²) in [7, 11) is 0. The molecule has 2 fully saturated rings. The molecule has 174 valence electrons. The smallest absolute Gasteiger partial charge is 0.303 e. The van der Waals surface area contributed by atoms with E-state index in [-0.39, 0.29) is 28.9 Å². The summed E-state index contributed by atoms with van der Waals surface area (Å²) in [5.41, 5.74) is 10.4. The van der Waals surface area contributed by atoms with Crippen LogP contribution in [0.15, 0.2) is 47.1 Å². The molecule has 5 nitrogen and oxygen atoms in total. The van der Waals surface area contributed by atoms with E-state index in [0.717, 1.165) is 43.4 Å². The summed E-state index contributed by atoms with van der Waals surface area (Å²) in [5, 5.41) is 0. The van der Waals surface area contributed by atoms with Crippen LogP contribution < -0.4 is 5.73 Å². The highest BCUT2D eigenvalue weighted by molar-refractivity contribution is 5.94. The van der Waals surface area contributed by atoms with Crippen LogP contribution in [0.1, 0.15) is 77.2 Å². The molecule has 5 heteroatoms. The topological polar surface area (TPSA) is 86.5 Å². The van der Waals surface area contributed by atoms with Gasteiger partial charge in [0.15, 0.2) is 17.2 Å². The van der Waals surface area contributed by atoms with Gasteiger partial charge in [-0.15, -0.1) is 0 Å². The number of anilines is 1. The monoisotopic (exact) mass is 447 g/mol. The van der Waals surface area contributed by atoms with Crippen molar-refractivity contribution in [3.05, 3.63) is 52.6 Å². The molecular formula is C28H33NO4. The first-order chi connectivity index (χ1) is 15.7. The van der Waals surface area contributed by atoms with Gasteiger partial charge in [0.1, 0.15) is 0 Å². The Morgan fingerprint density at radius 2 is 1.79 bits per heavy atom. The van der Waals surface area contributed by atoms with Crippen molar-refractivity contribution in [2.24, 2.45) is 17.3 Å². The van der Waals surface area contributed by atoms with Gasteiger partial charge < -0.3 is 10.5 Å². The number of hydrogen-bond donors (Lipinski definition) is 1. The summed E-state index contributed by atoms with van der Waals surface area (Å²) in [6.45, 7) is 5.16. The van der Waals surface area contributed by atoms with Gasteiger partial charge in [0, 0.05) is 30.4 Å². The number of nitrogens with two attached hydrogens (primary N) is 1. The highest BCUT2D eigenvalue weighted by Crippen LogP contribution is 2.65. The number of rotatable bonds is 3. The third-order valence-electron chi connectivity index (χ3n) is 9.13. The number of ether oxygens (including phenoxy) is 1. The van der Waals surface area contributed by atoms with Crippen molar-refractivity contribution in [2.75, 3.05) is 5.73 Å². The summed E-state index contributed by atoms with van der Waals surface area (Å²) >= 11 is 0. The Morgan fingerprint density at radius 3 is 2.45 bits per heavy atom. The average molecular weight is 448 g/mol. The minimum absolute atomic E-state index is 0.0294. The zero-order valence-corrected chi connectivity index (χ0v) is 19.8. The van der Waals surface area contributed by atoms with Crippen LogP contribution >= 0.6 is 0 Å². The van der Waals surface area contributed by atoms with Crippen molar-refractivity contribution >= 4 is 23.2 Å². The number of hydrogen-bond acceptors (Lipinski definition) is 5. The standard InChI is InChI=1S/C28H33NO4/c1-16(30)28(33-17(2)31)13-11-25-22-9-6-19-14-21(32)15-24(18-4-7-20(29)8-5-18)26(19)23(22)10-12-27(25,28)3/h4-5,7-8,14,22,24-25H,6,9-13,15,29H2,1-3H3/t22-,24+,25+,27+,28+/m1/s1. The zero-order valence-electron chi connectivity index (χ0n) is 19.8. The van der Waals surface area contributed by atoms with Crippen molar-refractivity contribution in [1.82, 2.24) is 0 Å². The fourth-order valence-electron chi connectivity index (χ4n) is 7.71. The maximum absolute atomic E-state index is 12.9. The molecule has 33 heavy (non-hydrogen) atoms. The molecular weight excluding hydrogens is 414 g/mol. The van der Waals surface area contributed by atoms with Gasteiger partial charge in [0.2, 0.25) is 0 Å². The van der Waals surface area contributed by atoms with Crippen LogP contribution in [0.25, 0.3) is 0 Å². The molecule has 0 saturated heterocycles. The molecule has 0 bridgehead atoms. The Labute approximate surface area is 195 Å². The molecule has 0 radical (unpaired) electrons.